The second kappa shape index (κ2) is 15.2. The molecular formula is C29H37F3N8O4S. The van der Waals surface area contributed by atoms with Crippen LogP contribution in [0, 0.1) is 0 Å². The zero-order chi connectivity index (χ0) is 31.8. The molecule has 2 aromatic heterocycles. The molecule has 2 aliphatic rings. The third-order valence-electron chi connectivity index (χ3n) is 7.32. The number of amides is 1. The summed E-state index contributed by atoms with van der Waals surface area (Å²) in [6, 6.07) is 9.29. The van der Waals surface area contributed by atoms with Crippen molar-refractivity contribution in [2.45, 2.75) is 6.36 Å². The van der Waals surface area contributed by atoms with E-state index in [1.807, 2.05) is 17.7 Å². The van der Waals surface area contributed by atoms with Crippen molar-refractivity contribution in [2.24, 2.45) is 12.8 Å². The van der Waals surface area contributed by atoms with Gasteiger partial charge in [0.2, 0.25) is 5.95 Å². The molecule has 0 bridgehead atoms. The van der Waals surface area contributed by atoms with Gasteiger partial charge in [-0.1, -0.05) is 11.3 Å². The molecule has 0 aliphatic carbocycles. The Labute approximate surface area is 262 Å². The van der Waals surface area contributed by atoms with Crippen LogP contribution in [0.2, 0.25) is 0 Å². The number of carbonyl (C=O) groups is 1. The number of benzene rings is 2. The predicted molar refractivity (Wildman–Crippen MR) is 166 cm³/mol. The van der Waals surface area contributed by atoms with Gasteiger partial charge in [0, 0.05) is 71.0 Å². The van der Waals surface area contributed by atoms with Gasteiger partial charge in [0.05, 0.1) is 47.7 Å². The van der Waals surface area contributed by atoms with E-state index >= 15 is 0 Å². The van der Waals surface area contributed by atoms with Gasteiger partial charge >= 0.3 is 6.36 Å². The van der Waals surface area contributed by atoms with Gasteiger partial charge < -0.3 is 35.1 Å². The lowest BCUT2D eigenvalue weighted by Gasteiger charge is -2.26. The number of imidazole rings is 1. The van der Waals surface area contributed by atoms with Crippen molar-refractivity contribution in [3.8, 4) is 5.75 Å². The third-order valence-corrected chi connectivity index (χ3v) is 8.26. The summed E-state index contributed by atoms with van der Waals surface area (Å²) in [5.41, 5.74) is 7.85. The lowest BCUT2D eigenvalue weighted by molar-refractivity contribution is -0.274. The van der Waals surface area contributed by atoms with Crippen LogP contribution in [0.3, 0.4) is 0 Å². The molecule has 1 amide bonds. The van der Waals surface area contributed by atoms with Crippen LogP contribution >= 0.6 is 11.3 Å². The maximum absolute atomic E-state index is 12.6. The number of nitrogens with zero attached hydrogens (tertiary/aromatic N) is 5. The average molecular weight is 651 g/mol. The summed E-state index contributed by atoms with van der Waals surface area (Å²) in [5, 5.41) is 6.53. The van der Waals surface area contributed by atoms with Gasteiger partial charge in [-0.3, -0.25) is 14.6 Å². The minimum Gasteiger partial charge on any atom is -0.406 e. The summed E-state index contributed by atoms with van der Waals surface area (Å²) < 4.78 is 54.4. The molecule has 0 saturated carbocycles. The minimum absolute atomic E-state index is 0.173. The van der Waals surface area contributed by atoms with Crippen LogP contribution in [0.25, 0.3) is 21.3 Å². The average Bonchev–Trinajstić information content (AvgIpc) is 3.56. The Kier molecular flexibility index (Phi) is 11.1. The molecule has 2 fully saturated rings. The third kappa shape index (κ3) is 9.24. The number of aryl methyl sites for hydroxylation is 1. The molecule has 12 nitrogen and oxygen atoms in total. The lowest BCUT2D eigenvalue weighted by atomic mass is 10.2. The van der Waals surface area contributed by atoms with Gasteiger partial charge in [0.15, 0.2) is 5.13 Å². The highest BCUT2D eigenvalue weighted by Crippen LogP contribution is 2.33. The molecule has 2 saturated heterocycles. The molecule has 45 heavy (non-hydrogen) atoms. The van der Waals surface area contributed by atoms with E-state index in [0.29, 0.717) is 52.1 Å². The number of morpholine rings is 2. The van der Waals surface area contributed by atoms with Crippen LogP contribution in [0.4, 0.5) is 24.3 Å². The number of ether oxygens (including phenoxy) is 3. The second-order valence-corrected chi connectivity index (χ2v) is 11.5. The van der Waals surface area contributed by atoms with Crippen molar-refractivity contribution in [1.29, 1.82) is 0 Å². The highest BCUT2D eigenvalue weighted by Gasteiger charge is 2.31. The van der Waals surface area contributed by atoms with Crippen molar-refractivity contribution in [1.82, 2.24) is 29.7 Å². The number of fused-ring (bicyclic) bond motifs is 2. The van der Waals surface area contributed by atoms with Gasteiger partial charge in [0.25, 0.3) is 5.91 Å². The summed E-state index contributed by atoms with van der Waals surface area (Å²) in [6.07, 6.45) is -4.76. The van der Waals surface area contributed by atoms with Crippen molar-refractivity contribution < 1.29 is 32.2 Å². The van der Waals surface area contributed by atoms with Crippen molar-refractivity contribution in [2.75, 3.05) is 84.1 Å². The minimum atomic E-state index is -4.76. The Morgan fingerprint density at radius 1 is 0.978 bits per heavy atom. The van der Waals surface area contributed by atoms with Crippen molar-refractivity contribution in [3.63, 3.8) is 0 Å². The van der Waals surface area contributed by atoms with Gasteiger partial charge in [0.1, 0.15) is 5.75 Å². The van der Waals surface area contributed by atoms with Crippen molar-refractivity contribution in [3.05, 3.63) is 42.0 Å². The number of hydrogen-bond acceptors (Lipinski definition) is 11. The van der Waals surface area contributed by atoms with E-state index in [2.05, 4.69) is 35.1 Å². The largest absolute Gasteiger partial charge is 0.573 e. The van der Waals surface area contributed by atoms with E-state index in [0.717, 1.165) is 64.5 Å². The normalized spacial score (nSPS) is 16.4. The molecular weight excluding hydrogens is 613 g/mol. The highest BCUT2D eigenvalue weighted by molar-refractivity contribution is 7.22. The van der Waals surface area contributed by atoms with Gasteiger partial charge in [-0.2, -0.15) is 0 Å². The first-order valence-electron chi connectivity index (χ1n) is 14.7. The number of nitrogens with one attached hydrogen (secondary N) is 2. The van der Waals surface area contributed by atoms with Crippen LogP contribution in [-0.2, 0) is 16.5 Å². The van der Waals surface area contributed by atoms with E-state index in [1.165, 1.54) is 29.5 Å². The standard InChI is InChI=1S/C23H23F3N6O3S.C6H14N2O/c1-31-18-5-2-14(20(33)27-6-7-32-8-10-34-11-9-32)12-17(18)28-21(31)30-22-29-16-4-3-15(13-19(16)36-22)35-23(24,25)26;7-1-2-8-3-5-9-6-4-8/h2-5,12-13H,6-11H2,1H3,(H,27,33)(H,28,29,30);1-7H2. The Hall–Kier alpha value is -3.54. The molecule has 2 aliphatic heterocycles. The SMILES string of the molecule is Cn1c(Nc2nc3ccc(OC(F)(F)F)cc3s2)nc2cc(C(=O)NCCN3CCOCC3)ccc21.NCCN1CCOCC1. The summed E-state index contributed by atoms with van der Waals surface area (Å²) >= 11 is 1.18. The van der Waals surface area contributed by atoms with E-state index in [-0.39, 0.29) is 11.7 Å². The van der Waals surface area contributed by atoms with Crippen LogP contribution in [0.5, 0.6) is 5.75 Å². The first kappa shape index (κ1) is 32.8. The van der Waals surface area contributed by atoms with Gasteiger partial charge in [-0.25, -0.2) is 9.97 Å². The fraction of sp³-hybridized carbons (Fsp3) is 0.483. The van der Waals surface area contributed by atoms with Crippen molar-refractivity contribution >= 4 is 49.6 Å². The number of alkyl halides is 3. The first-order valence-corrected chi connectivity index (χ1v) is 15.5. The molecule has 0 atom stereocenters. The molecule has 244 valence electrons. The molecule has 0 spiro atoms. The van der Waals surface area contributed by atoms with Gasteiger partial charge in [-0.05, 0) is 30.3 Å². The Morgan fingerprint density at radius 3 is 2.33 bits per heavy atom. The predicted octanol–water partition coefficient (Wildman–Crippen LogP) is 3.16. The number of halogens is 3. The maximum atomic E-state index is 12.6. The van der Waals surface area contributed by atoms with Crippen LogP contribution in [-0.4, -0.2) is 115 Å². The smallest absolute Gasteiger partial charge is 0.406 e. The molecule has 4 aromatic rings. The zero-order valence-electron chi connectivity index (χ0n) is 24.9. The number of carbonyl (C=O) groups excluding carboxylic acids is 1. The number of thiazole rings is 1. The Balaban J connectivity index is 0.000000383. The molecule has 0 unspecified atom stereocenters. The number of rotatable bonds is 9. The summed E-state index contributed by atoms with van der Waals surface area (Å²) in [4.78, 5) is 26.2. The summed E-state index contributed by atoms with van der Waals surface area (Å²) in [5.74, 6) is 0.0118. The van der Waals surface area contributed by atoms with E-state index in [4.69, 9.17) is 15.2 Å². The second-order valence-electron chi connectivity index (χ2n) is 10.5. The number of hydrogen-bond donors (Lipinski definition) is 3. The highest BCUT2D eigenvalue weighted by atomic mass is 32.1. The Bertz CT molecular complexity index is 1570. The van der Waals surface area contributed by atoms with Gasteiger partial charge in [-0.15, -0.1) is 13.2 Å². The molecule has 4 N–H and O–H groups in total. The molecule has 2 aromatic carbocycles. The van der Waals surface area contributed by atoms with E-state index in [1.54, 1.807) is 12.1 Å². The molecule has 4 heterocycles. The lowest BCUT2D eigenvalue weighted by Crippen LogP contribution is -2.41. The zero-order valence-corrected chi connectivity index (χ0v) is 25.8. The molecule has 16 heteroatoms. The van der Waals surface area contributed by atoms with Crippen LogP contribution in [0.15, 0.2) is 36.4 Å². The quantitative estimate of drug-likeness (QED) is 0.248. The number of aromatic nitrogens is 3. The first-order chi connectivity index (χ1) is 21.7. The topological polar surface area (TPSA) is 132 Å². The monoisotopic (exact) mass is 650 g/mol. The maximum Gasteiger partial charge on any atom is 0.573 e. The molecule has 6 rings (SSSR count). The Morgan fingerprint density at radius 2 is 1.67 bits per heavy atom. The van der Waals surface area contributed by atoms with E-state index < -0.39 is 6.36 Å². The number of nitrogens with two attached hydrogens (primary N) is 1. The molecule has 0 radical (unpaired) electrons. The van der Waals surface area contributed by atoms with Crippen LogP contribution < -0.4 is 21.1 Å². The fourth-order valence-electron chi connectivity index (χ4n) is 4.97. The fourth-order valence-corrected chi connectivity index (χ4v) is 5.85. The summed E-state index contributed by atoms with van der Waals surface area (Å²) in [7, 11) is 1.82. The van der Waals surface area contributed by atoms with E-state index in [9.17, 15) is 18.0 Å². The number of anilines is 2. The van der Waals surface area contributed by atoms with Crippen LogP contribution in [0.1, 0.15) is 10.4 Å². The summed E-state index contributed by atoms with van der Waals surface area (Å²) in [6.45, 7) is 10.1.